The highest BCUT2D eigenvalue weighted by Crippen LogP contribution is 2.28. The number of amides is 2. The predicted molar refractivity (Wildman–Crippen MR) is 128 cm³/mol. The number of rotatable bonds is 6. The van der Waals surface area contributed by atoms with E-state index in [2.05, 4.69) is 23.7 Å². The van der Waals surface area contributed by atoms with Crippen LogP contribution >= 0.6 is 0 Å². The Hall–Kier alpha value is -2.63. The molecule has 1 aromatic rings. The summed E-state index contributed by atoms with van der Waals surface area (Å²) in [6.45, 7) is 7.73. The first-order valence-corrected chi connectivity index (χ1v) is 12.3. The van der Waals surface area contributed by atoms with Crippen LogP contribution in [0, 0.1) is 23.7 Å². The summed E-state index contributed by atoms with van der Waals surface area (Å²) in [7, 11) is 1.80. The van der Waals surface area contributed by atoms with Crippen molar-refractivity contribution in [1.82, 2.24) is 14.8 Å². The van der Waals surface area contributed by atoms with Crippen molar-refractivity contribution in [2.75, 3.05) is 40.0 Å². The molecule has 0 saturated carbocycles. The zero-order chi connectivity index (χ0) is 24.7. The molecule has 0 bridgehead atoms. The van der Waals surface area contributed by atoms with Crippen molar-refractivity contribution in [1.29, 1.82) is 0 Å². The van der Waals surface area contributed by atoms with Crippen LogP contribution in [0.15, 0.2) is 12.3 Å². The molecule has 1 N–H and O–H groups in total. The molecule has 0 aliphatic carbocycles. The lowest BCUT2D eigenvalue weighted by atomic mass is 9.97. The second kappa shape index (κ2) is 12.2. The van der Waals surface area contributed by atoms with Crippen LogP contribution in [0.2, 0.25) is 0 Å². The maximum absolute atomic E-state index is 13.4. The van der Waals surface area contributed by atoms with Gasteiger partial charge >= 0.3 is 0 Å². The molecule has 1 saturated heterocycles. The van der Waals surface area contributed by atoms with E-state index >= 15 is 0 Å². The third kappa shape index (κ3) is 6.28. The van der Waals surface area contributed by atoms with Crippen LogP contribution in [-0.2, 0) is 9.53 Å². The molecule has 2 amide bonds. The largest absolute Gasteiger partial charge is 0.472 e. The smallest absolute Gasteiger partial charge is 0.259 e. The normalized spacial score (nSPS) is 21.9. The predicted octanol–water partition coefficient (Wildman–Crippen LogP) is 2.34. The zero-order valence-electron chi connectivity index (χ0n) is 20.7. The van der Waals surface area contributed by atoms with Gasteiger partial charge in [0.1, 0.15) is 11.7 Å². The summed E-state index contributed by atoms with van der Waals surface area (Å²) in [6, 6.07) is 1.35. The molecule has 8 nitrogen and oxygen atoms in total. The number of aliphatic hydroxyl groups is 1. The van der Waals surface area contributed by atoms with E-state index in [1.54, 1.807) is 29.1 Å². The topological polar surface area (TPSA) is 92.2 Å². The fraction of sp³-hybridized carbons (Fsp3) is 0.654. The third-order valence-electron chi connectivity index (χ3n) is 6.53. The van der Waals surface area contributed by atoms with E-state index < -0.39 is 0 Å². The van der Waals surface area contributed by atoms with Crippen molar-refractivity contribution >= 4 is 11.8 Å². The zero-order valence-corrected chi connectivity index (χ0v) is 20.7. The van der Waals surface area contributed by atoms with Gasteiger partial charge < -0.3 is 24.4 Å². The molecule has 0 radical (unpaired) electrons. The van der Waals surface area contributed by atoms with Gasteiger partial charge in [-0.3, -0.25) is 9.59 Å². The van der Waals surface area contributed by atoms with Gasteiger partial charge in [0.05, 0.1) is 19.2 Å². The lowest BCUT2D eigenvalue weighted by Crippen LogP contribution is -2.51. The number of ether oxygens (including phenoxy) is 2. The third-order valence-corrected chi connectivity index (χ3v) is 6.53. The van der Waals surface area contributed by atoms with E-state index in [0.29, 0.717) is 37.4 Å². The molecule has 2 aliphatic rings. The number of unbranched alkanes of at least 4 members (excludes halogenated alkanes) is 1. The number of likely N-dealkylation sites (N-methyl/N-ethyl adjacent to an activating group) is 1. The summed E-state index contributed by atoms with van der Waals surface area (Å²) in [5.41, 5.74) is 0.983. The number of hydrogen-bond acceptors (Lipinski definition) is 6. The molecule has 0 spiro atoms. The summed E-state index contributed by atoms with van der Waals surface area (Å²) < 4.78 is 11.7. The number of fused-ring (bicyclic) bond motifs is 1. The highest BCUT2D eigenvalue weighted by Gasteiger charge is 2.35. The van der Waals surface area contributed by atoms with E-state index in [1.165, 1.54) is 0 Å². The average molecular weight is 472 g/mol. The number of aromatic nitrogens is 1. The minimum absolute atomic E-state index is 0.0373. The van der Waals surface area contributed by atoms with E-state index in [0.717, 1.165) is 25.7 Å². The Kier molecular flexibility index (Phi) is 9.31. The first-order valence-electron chi connectivity index (χ1n) is 12.3. The Morgan fingerprint density at radius 1 is 1.38 bits per heavy atom. The molecular weight excluding hydrogens is 434 g/mol. The molecule has 3 rings (SSSR count). The first kappa shape index (κ1) is 26.0. The molecule has 0 unspecified atom stereocenters. The Bertz CT molecular complexity index is 919. The monoisotopic (exact) mass is 471 g/mol. The quantitative estimate of drug-likeness (QED) is 0.641. The molecule has 3 atom stereocenters. The van der Waals surface area contributed by atoms with E-state index in [4.69, 9.17) is 9.47 Å². The van der Waals surface area contributed by atoms with Crippen molar-refractivity contribution in [2.45, 2.75) is 58.6 Å². The van der Waals surface area contributed by atoms with Gasteiger partial charge in [-0.15, -0.1) is 0 Å². The van der Waals surface area contributed by atoms with Crippen LogP contribution in [0.3, 0.4) is 0 Å². The minimum Gasteiger partial charge on any atom is -0.472 e. The number of carbonyl (C=O) groups excluding carboxylic acids is 2. The summed E-state index contributed by atoms with van der Waals surface area (Å²) in [4.78, 5) is 34.3. The van der Waals surface area contributed by atoms with Crippen molar-refractivity contribution in [2.24, 2.45) is 11.8 Å². The number of nitrogens with zero attached hydrogens (tertiary/aromatic N) is 3. The molecule has 2 aliphatic heterocycles. The maximum Gasteiger partial charge on any atom is 0.259 e. The van der Waals surface area contributed by atoms with E-state index in [1.807, 2.05) is 13.8 Å². The Morgan fingerprint density at radius 2 is 2.12 bits per heavy atom. The highest BCUT2D eigenvalue weighted by molar-refractivity contribution is 5.97. The van der Waals surface area contributed by atoms with Crippen LogP contribution < -0.4 is 4.74 Å². The lowest BCUT2D eigenvalue weighted by molar-refractivity contribution is -0.138. The second-order valence-electron chi connectivity index (χ2n) is 9.36. The van der Waals surface area contributed by atoms with Gasteiger partial charge in [0.25, 0.3) is 5.91 Å². The van der Waals surface area contributed by atoms with Gasteiger partial charge in [-0.25, -0.2) is 4.98 Å². The highest BCUT2D eigenvalue weighted by atomic mass is 16.5. The Balaban J connectivity index is 1.88. The Morgan fingerprint density at radius 3 is 2.79 bits per heavy atom. The minimum atomic E-state index is -0.363. The average Bonchev–Trinajstić information content (AvgIpc) is 2.86. The summed E-state index contributed by atoms with van der Waals surface area (Å²) >= 11 is 0. The van der Waals surface area contributed by atoms with Crippen molar-refractivity contribution in [3.8, 4) is 17.7 Å². The van der Waals surface area contributed by atoms with Crippen LogP contribution in [0.25, 0.3) is 0 Å². The molecular formula is C26H37N3O5. The first-order chi connectivity index (χ1) is 16.3. The molecule has 1 aromatic heterocycles. The van der Waals surface area contributed by atoms with Gasteiger partial charge in [0.15, 0.2) is 0 Å². The van der Waals surface area contributed by atoms with Gasteiger partial charge in [0, 0.05) is 56.8 Å². The van der Waals surface area contributed by atoms with Crippen LogP contribution in [-0.4, -0.2) is 83.8 Å². The molecule has 1 fully saturated rings. The fourth-order valence-electron chi connectivity index (χ4n) is 4.29. The van der Waals surface area contributed by atoms with Gasteiger partial charge in [-0.2, -0.15) is 0 Å². The van der Waals surface area contributed by atoms with E-state index in [9.17, 15) is 14.7 Å². The second-order valence-corrected chi connectivity index (χ2v) is 9.36. The van der Waals surface area contributed by atoms with Gasteiger partial charge in [0.2, 0.25) is 11.8 Å². The van der Waals surface area contributed by atoms with Gasteiger partial charge in [-0.1, -0.05) is 25.7 Å². The fourth-order valence-corrected chi connectivity index (χ4v) is 4.29. The number of pyridine rings is 1. The molecule has 3 heterocycles. The summed E-state index contributed by atoms with van der Waals surface area (Å²) in [6.07, 6.45) is 4.43. The summed E-state index contributed by atoms with van der Waals surface area (Å²) in [5, 5.41) is 9.80. The summed E-state index contributed by atoms with van der Waals surface area (Å²) in [5.74, 6) is 6.12. The van der Waals surface area contributed by atoms with Crippen molar-refractivity contribution < 1.29 is 24.2 Å². The standard InChI is InChI=1S/C26H37N3O5/c1-5-6-7-8-20-13-22-24(27-14-20)34-23(18(2)15-29(26(22)32)19(3)17-30)16-28(4)25(31)21-9-11-33-12-10-21/h13-14,18-19,21,23,30H,5-6,9-12,15-17H2,1-4H3/t18-,19-,23-/m1/s1. The van der Waals surface area contributed by atoms with Crippen LogP contribution in [0.1, 0.15) is 62.4 Å². The van der Waals surface area contributed by atoms with Crippen molar-refractivity contribution in [3.05, 3.63) is 23.4 Å². The van der Waals surface area contributed by atoms with Gasteiger partial charge in [-0.05, 0) is 32.3 Å². The number of hydrogen-bond donors (Lipinski definition) is 1. The molecule has 8 heteroatoms. The van der Waals surface area contributed by atoms with Crippen LogP contribution in [0.5, 0.6) is 5.88 Å². The molecule has 0 aromatic carbocycles. The molecule has 186 valence electrons. The number of aliphatic hydroxyl groups excluding tert-OH is 1. The number of carbonyl (C=O) groups is 2. The Labute approximate surface area is 202 Å². The van der Waals surface area contributed by atoms with Crippen LogP contribution in [0.4, 0.5) is 0 Å². The molecule has 34 heavy (non-hydrogen) atoms. The lowest BCUT2D eigenvalue weighted by Gasteiger charge is -2.38. The SMILES string of the molecule is CCCC#Cc1cnc2c(c1)C(=O)N([C@H](C)CO)C[C@@H](C)[C@@H](CN(C)C(=O)C1CCOCC1)O2. The maximum atomic E-state index is 13.4. The van der Waals surface area contributed by atoms with E-state index in [-0.39, 0.29) is 48.3 Å². The van der Waals surface area contributed by atoms with Crippen molar-refractivity contribution in [3.63, 3.8) is 0 Å².